The fourth-order valence-corrected chi connectivity index (χ4v) is 6.91. The van der Waals surface area contributed by atoms with Crippen molar-refractivity contribution < 1.29 is 19.5 Å². The molecule has 1 aromatic heterocycles. The molecule has 4 aliphatic carbocycles. The maximum atomic E-state index is 13.2. The second kappa shape index (κ2) is 7.94. The number of hydrogen-bond donors (Lipinski definition) is 3. The van der Waals surface area contributed by atoms with Gasteiger partial charge in [-0.05, 0) is 55.4 Å². The quantitative estimate of drug-likeness (QED) is 0.615. The Bertz CT molecular complexity index is 874. The van der Waals surface area contributed by atoms with Gasteiger partial charge in [0.1, 0.15) is 5.00 Å². The molecule has 4 N–H and O–H groups in total. The highest BCUT2D eigenvalue weighted by atomic mass is 32.1. The highest BCUT2D eigenvalue weighted by Crippen LogP contribution is 2.46. The van der Waals surface area contributed by atoms with Crippen LogP contribution in [0.5, 0.6) is 0 Å². The Morgan fingerprint density at radius 3 is 2.45 bits per heavy atom. The summed E-state index contributed by atoms with van der Waals surface area (Å²) in [5, 5.41) is 13.1. The Morgan fingerprint density at radius 2 is 1.86 bits per heavy atom. The van der Waals surface area contributed by atoms with E-state index in [0.717, 1.165) is 55.4 Å². The number of fused-ring (bicyclic) bond motifs is 3. The van der Waals surface area contributed by atoms with Crippen molar-refractivity contribution in [2.45, 2.75) is 51.9 Å². The highest BCUT2D eigenvalue weighted by molar-refractivity contribution is 7.17. The maximum Gasteiger partial charge on any atom is 0.307 e. The van der Waals surface area contributed by atoms with Gasteiger partial charge >= 0.3 is 5.97 Å². The van der Waals surface area contributed by atoms with Crippen LogP contribution in [0.3, 0.4) is 0 Å². The molecule has 1 fully saturated rings. The summed E-state index contributed by atoms with van der Waals surface area (Å²) in [6.07, 6.45) is 10.6. The number of anilines is 1. The Hall–Kier alpha value is -2.15. The van der Waals surface area contributed by atoms with Crippen LogP contribution in [0, 0.1) is 29.6 Å². The zero-order valence-electron chi connectivity index (χ0n) is 16.6. The van der Waals surface area contributed by atoms with Gasteiger partial charge in [-0.3, -0.25) is 14.4 Å². The molecule has 5 rings (SSSR count). The van der Waals surface area contributed by atoms with Crippen molar-refractivity contribution in [2.24, 2.45) is 35.3 Å². The van der Waals surface area contributed by atoms with Crippen molar-refractivity contribution in [3.8, 4) is 0 Å². The molecule has 5 atom stereocenters. The number of carboxylic acids is 1. The van der Waals surface area contributed by atoms with Gasteiger partial charge in [-0.15, -0.1) is 11.3 Å². The minimum atomic E-state index is -0.924. The summed E-state index contributed by atoms with van der Waals surface area (Å²) in [7, 11) is 0. The summed E-state index contributed by atoms with van der Waals surface area (Å²) < 4.78 is 0. The van der Waals surface area contributed by atoms with E-state index in [1.54, 1.807) is 0 Å². The number of rotatable bonds is 6. The van der Waals surface area contributed by atoms with Crippen LogP contribution in [0.2, 0.25) is 0 Å². The molecule has 2 amide bonds. The number of nitrogens with one attached hydrogen (secondary N) is 1. The molecule has 0 radical (unpaired) electrons. The summed E-state index contributed by atoms with van der Waals surface area (Å²) >= 11 is 1.44. The normalized spacial score (nSPS) is 30.0. The molecule has 7 heteroatoms. The average molecular weight is 417 g/mol. The maximum absolute atomic E-state index is 13.2. The van der Waals surface area contributed by atoms with Gasteiger partial charge in [0.2, 0.25) is 5.91 Å². The molecule has 5 unspecified atom stereocenters. The lowest BCUT2D eigenvalue weighted by atomic mass is 9.62. The summed E-state index contributed by atoms with van der Waals surface area (Å²) in [4.78, 5) is 38.4. The van der Waals surface area contributed by atoms with Crippen LogP contribution in [0.15, 0.2) is 12.2 Å². The number of carbonyl (C=O) groups excluding carboxylic acids is 2. The smallest absolute Gasteiger partial charge is 0.307 e. The van der Waals surface area contributed by atoms with Crippen LogP contribution in [-0.2, 0) is 22.4 Å². The number of thiophene rings is 1. The molecule has 4 aliphatic rings. The minimum absolute atomic E-state index is 0.0679. The Morgan fingerprint density at radius 1 is 1.17 bits per heavy atom. The fourth-order valence-electron chi connectivity index (χ4n) is 5.54. The molecule has 0 spiro atoms. The molecule has 2 bridgehead atoms. The molecule has 6 nitrogen and oxygen atoms in total. The van der Waals surface area contributed by atoms with Crippen LogP contribution >= 0.6 is 11.3 Å². The summed E-state index contributed by atoms with van der Waals surface area (Å²) in [6, 6.07) is 0. The van der Waals surface area contributed by atoms with E-state index >= 15 is 0 Å². The first-order valence-corrected chi connectivity index (χ1v) is 11.4. The molecule has 0 saturated heterocycles. The molecule has 0 aliphatic heterocycles. The van der Waals surface area contributed by atoms with Crippen LogP contribution < -0.4 is 11.1 Å². The van der Waals surface area contributed by atoms with Gasteiger partial charge in [-0.1, -0.05) is 31.9 Å². The molecule has 0 aromatic carbocycles. The lowest BCUT2D eigenvalue weighted by Gasteiger charge is -2.41. The summed E-state index contributed by atoms with van der Waals surface area (Å²) in [6.45, 7) is 2.18. The van der Waals surface area contributed by atoms with Crippen LogP contribution in [0.4, 0.5) is 5.00 Å². The predicted molar refractivity (Wildman–Crippen MR) is 112 cm³/mol. The minimum Gasteiger partial charge on any atom is -0.481 e. The van der Waals surface area contributed by atoms with Crippen molar-refractivity contribution in [2.75, 3.05) is 5.32 Å². The van der Waals surface area contributed by atoms with Crippen LogP contribution in [-0.4, -0.2) is 22.9 Å². The summed E-state index contributed by atoms with van der Waals surface area (Å²) in [5.74, 6) is -2.63. The monoisotopic (exact) mass is 416 g/mol. The zero-order chi connectivity index (χ0) is 20.7. The number of carbonyl (C=O) groups is 3. The van der Waals surface area contributed by atoms with Crippen LogP contribution in [0.1, 0.15) is 59.8 Å². The van der Waals surface area contributed by atoms with Gasteiger partial charge in [0.05, 0.1) is 17.4 Å². The van der Waals surface area contributed by atoms with Gasteiger partial charge in [0.25, 0.3) is 5.91 Å². The number of aliphatic carboxylic acids is 1. The molecular formula is C22H28N2O4S. The molecule has 1 saturated carbocycles. The molecule has 1 heterocycles. The first-order valence-electron chi connectivity index (χ1n) is 10.6. The van der Waals surface area contributed by atoms with Crippen molar-refractivity contribution in [3.63, 3.8) is 0 Å². The second-order valence-electron chi connectivity index (χ2n) is 8.64. The third-order valence-electron chi connectivity index (χ3n) is 6.88. The van der Waals surface area contributed by atoms with Gasteiger partial charge in [0, 0.05) is 4.88 Å². The third-order valence-corrected chi connectivity index (χ3v) is 8.05. The number of nitrogens with two attached hydrogens (primary N) is 1. The zero-order valence-corrected chi connectivity index (χ0v) is 17.5. The first kappa shape index (κ1) is 20.1. The Balaban J connectivity index is 1.61. The van der Waals surface area contributed by atoms with Crippen molar-refractivity contribution in [3.05, 3.63) is 28.2 Å². The average Bonchev–Trinajstić information content (AvgIpc) is 3.05. The number of amides is 2. The van der Waals surface area contributed by atoms with Gasteiger partial charge < -0.3 is 16.2 Å². The lowest BCUT2D eigenvalue weighted by Crippen LogP contribution is -2.47. The van der Waals surface area contributed by atoms with Crippen molar-refractivity contribution in [1.29, 1.82) is 0 Å². The van der Waals surface area contributed by atoms with Crippen LogP contribution in [0.25, 0.3) is 0 Å². The Kier molecular flexibility index (Phi) is 5.51. The predicted octanol–water partition coefficient (Wildman–Crippen LogP) is 3.60. The van der Waals surface area contributed by atoms with Crippen molar-refractivity contribution >= 4 is 34.1 Å². The molecule has 156 valence electrons. The standard InChI is InChI=1S/C22H28N2O4S/c1-2-3-11-4-9-14-15(10-11)29-21(18(14)19(23)25)24-20(26)16-12-5-7-13(8-6-12)17(16)22(27)28/h5,7,11-13,16-17H,2-4,6,8-10H2,1H3,(H2,23,25)(H,24,26)(H,27,28). The van der Waals surface area contributed by atoms with E-state index in [2.05, 4.69) is 12.2 Å². The molecule has 29 heavy (non-hydrogen) atoms. The van der Waals surface area contributed by atoms with Gasteiger partial charge in [-0.2, -0.15) is 0 Å². The summed E-state index contributed by atoms with van der Waals surface area (Å²) in [5.41, 5.74) is 7.08. The number of allylic oxidation sites excluding steroid dienone is 2. The number of primary amides is 1. The number of carboxylic acid groups (broad SMARTS) is 1. The van der Waals surface area contributed by atoms with E-state index in [1.807, 2.05) is 12.2 Å². The highest BCUT2D eigenvalue weighted by Gasteiger charge is 2.48. The van der Waals surface area contributed by atoms with Gasteiger partial charge in [-0.25, -0.2) is 0 Å². The van der Waals surface area contributed by atoms with E-state index in [9.17, 15) is 19.5 Å². The molecular weight excluding hydrogens is 388 g/mol. The largest absolute Gasteiger partial charge is 0.481 e. The first-order chi connectivity index (χ1) is 13.9. The SMILES string of the molecule is CCCC1CCc2c(sc(NC(=O)C3C4C=CC(CC4)C3C(=O)O)c2C(N)=O)C1. The van der Waals surface area contributed by atoms with Crippen molar-refractivity contribution in [1.82, 2.24) is 0 Å². The van der Waals surface area contributed by atoms with Gasteiger partial charge in [0.15, 0.2) is 0 Å². The van der Waals surface area contributed by atoms with E-state index in [1.165, 1.54) is 11.3 Å². The van der Waals surface area contributed by atoms with E-state index in [0.29, 0.717) is 16.5 Å². The van der Waals surface area contributed by atoms with E-state index in [4.69, 9.17) is 5.73 Å². The fraction of sp³-hybridized carbons (Fsp3) is 0.591. The lowest BCUT2D eigenvalue weighted by molar-refractivity contribution is -0.151. The Labute approximate surface area is 174 Å². The molecule has 1 aromatic rings. The van der Waals surface area contributed by atoms with E-state index < -0.39 is 23.7 Å². The number of hydrogen-bond acceptors (Lipinski definition) is 4. The third kappa shape index (κ3) is 3.61. The second-order valence-corrected chi connectivity index (χ2v) is 9.74. The van der Waals surface area contributed by atoms with E-state index in [-0.39, 0.29) is 17.7 Å². The topological polar surface area (TPSA) is 109 Å².